The van der Waals surface area contributed by atoms with E-state index in [0.717, 1.165) is 5.56 Å². The van der Waals surface area contributed by atoms with E-state index in [1.165, 1.54) is 16.6 Å². The van der Waals surface area contributed by atoms with E-state index in [4.69, 9.17) is 0 Å². The first-order chi connectivity index (χ1) is 9.74. The number of hydrogen-bond acceptors (Lipinski definition) is 7. The summed E-state index contributed by atoms with van der Waals surface area (Å²) in [5.74, 6) is 0.610. The Morgan fingerprint density at radius 1 is 1.35 bits per heavy atom. The van der Waals surface area contributed by atoms with Crippen molar-refractivity contribution >= 4 is 17.2 Å². The van der Waals surface area contributed by atoms with E-state index >= 15 is 0 Å². The van der Waals surface area contributed by atoms with Crippen LogP contribution in [0.5, 0.6) is 0 Å². The van der Waals surface area contributed by atoms with Gasteiger partial charge in [-0.25, -0.2) is 0 Å². The predicted molar refractivity (Wildman–Crippen MR) is 69.0 cm³/mol. The summed E-state index contributed by atoms with van der Waals surface area (Å²) < 4.78 is 1.50. The van der Waals surface area contributed by atoms with Gasteiger partial charge in [0.15, 0.2) is 11.5 Å². The van der Waals surface area contributed by atoms with E-state index in [1.54, 1.807) is 24.5 Å². The molecule has 2 aromatic heterocycles. The second-order valence-corrected chi connectivity index (χ2v) is 4.02. The van der Waals surface area contributed by atoms with Gasteiger partial charge in [-0.1, -0.05) is 12.1 Å². The van der Waals surface area contributed by atoms with Gasteiger partial charge in [-0.2, -0.15) is 4.52 Å². The summed E-state index contributed by atoms with van der Waals surface area (Å²) in [7, 11) is 0. The highest BCUT2D eigenvalue weighted by Crippen LogP contribution is 2.14. The summed E-state index contributed by atoms with van der Waals surface area (Å²) in [6.45, 7) is 0.405. The molecule has 0 aliphatic rings. The molecule has 100 valence electrons. The Bertz CT molecular complexity index is 770. The molecule has 20 heavy (non-hydrogen) atoms. The van der Waals surface area contributed by atoms with E-state index in [9.17, 15) is 10.1 Å². The van der Waals surface area contributed by atoms with Crippen LogP contribution in [0.1, 0.15) is 5.56 Å². The minimum atomic E-state index is -0.423. The van der Waals surface area contributed by atoms with Gasteiger partial charge in [0, 0.05) is 18.7 Å². The molecule has 0 saturated heterocycles. The number of anilines is 1. The molecule has 0 aliphatic carbocycles. The van der Waals surface area contributed by atoms with Gasteiger partial charge in [-0.15, -0.1) is 5.10 Å². The van der Waals surface area contributed by atoms with Crippen molar-refractivity contribution in [2.45, 2.75) is 6.54 Å². The van der Waals surface area contributed by atoms with Crippen molar-refractivity contribution in [1.29, 1.82) is 0 Å². The van der Waals surface area contributed by atoms with Crippen LogP contribution in [0.3, 0.4) is 0 Å². The van der Waals surface area contributed by atoms with Crippen LogP contribution in [-0.4, -0.2) is 29.9 Å². The standard InChI is InChI=1S/C11H9N7O2/c19-18(20)9-3-1-2-8(4-9)5-13-10-6-12-7-11-14-15-16-17(10)11/h1-4,6-7,13H,5H2. The number of fused-ring (bicyclic) bond motifs is 1. The normalized spacial score (nSPS) is 10.6. The van der Waals surface area contributed by atoms with Gasteiger partial charge >= 0.3 is 0 Å². The topological polar surface area (TPSA) is 111 Å². The predicted octanol–water partition coefficient (Wildman–Crippen LogP) is 1.04. The van der Waals surface area contributed by atoms with E-state index in [2.05, 4.69) is 25.8 Å². The molecule has 0 unspecified atom stereocenters. The summed E-state index contributed by atoms with van der Waals surface area (Å²) in [5.41, 5.74) is 1.36. The number of hydrogen-bond donors (Lipinski definition) is 1. The molecule has 0 fully saturated rings. The smallest absolute Gasteiger partial charge is 0.269 e. The number of non-ortho nitro benzene ring substituents is 1. The number of nitro benzene ring substituents is 1. The summed E-state index contributed by atoms with van der Waals surface area (Å²) in [6.07, 6.45) is 3.12. The third-order valence-corrected chi connectivity index (χ3v) is 2.70. The van der Waals surface area contributed by atoms with Crippen molar-refractivity contribution in [2.24, 2.45) is 0 Å². The van der Waals surface area contributed by atoms with E-state index in [-0.39, 0.29) is 5.69 Å². The SMILES string of the molecule is O=[N+]([O-])c1cccc(CNc2cncc3nnnn23)c1. The summed E-state index contributed by atoms with van der Waals surface area (Å²) >= 11 is 0. The third kappa shape index (κ3) is 2.23. The summed E-state index contributed by atoms with van der Waals surface area (Å²) in [4.78, 5) is 14.3. The monoisotopic (exact) mass is 271 g/mol. The molecule has 3 aromatic rings. The van der Waals surface area contributed by atoms with Gasteiger partial charge in [0.25, 0.3) is 5.69 Å². The lowest BCUT2D eigenvalue weighted by Gasteiger charge is -2.06. The largest absolute Gasteiger partial charge is 0.365 e. The van der Waals surface area contributed by atoms with Gasteiger partial charge in [0.2, 0.25) is 0 Å². The van der Waals surface area contributed by atoms with Crippen molar-refractivity contribution in [3.05, 3.63) is 52.3 Å². The Kier molecular flexibility index (Phi) is 2.92. The molecule has 3 rings (SSSR count). The fourth-order valence-electron chi connectivity index (χ4n) is 1.77. The maximum Gasteiger partial charge on any atom is 0.269 e. The Balaban J connectivity index is 1.81. The first-order valence-corrected chi connectivity index (χ1v) is 5.73. The highest BCUT2D eigenvalue weighted by atomic mass is 16.6. The maximum atomic E-state index is 10.7. The summed E-state index contributed by atoms with van der Waals surface area (Å²) in [5, 5.41) is 25.0. The number of nitrogens with one attached hydrogen (secondary N) is 1. The average Bonchev–Trinajstić information content (AvgIpc) is 2.94. The van der Waals surface area contributed by atoms with Crippen molar-refractivity contribution in [1.82, 2.24) is 25.0 Å². The first-order valence-electron chi connectivity index (χ1n) is 5.73. The molecule has 0 radical (unpaired) electrons. The minimum absolute atomic E-state index is 0.0584. The van der Waals surface area contributed by atoms with Crippen LogP contribution in [0.2, 0.25) is 0 Å². The Morgan fingerprint density at radius 2 is 2.25 bits per heavy atom. The van der Waals surface area contributed by atoms with Crippen molar-refractivity contribution in [3.8, 4) is 0 Å². The molecule has 0 amide bonds. The van der Waals surface area contributed by atoms with E-state index in [1.807, 2.05) is 0 Å². The molecule has 0 saturated carbocycles. The molecule has 9 heteroatoms. The molecular weight excluding hydrogens is 262 g/mol. The van der Waals surface area contributed by atoms with Crippen molar-refractivity contribution in [2.75, 3.05) is 5.32 Å². The summed E-state index contributed by atoms with van der Waals surface area (Å²) in [6, 6.07) is 6.41. The second-order valence-electron chi connectivity index (χ2n) is 4.02. The molecule has 1 aromatic carbocycles. The number of nitrogens with zero attached hydrogens (tertiary/aromatic N) is 6. The quantitative estimate of drug-likeness (QED) is 0.557. The molecular formula is C11H9N7O2. The first kappa shape index (κ1) is 12.0. The van der Waals surface area contributed by atoms with Gasteiger partial charge < -0.3 is 5.32 Å². The molecule has 0 aliphatic heterocycles. The Labute approximate surface area is 112 Å². The number of nitro groups is 1. The maximum absolute atomic E-state index is 10.7. The highest BCUT2D eigenvalue weighted by Gasteiger charge is 2.07. The van der Waals surface area contributed by atoms with Crippen LogP contribution in [0.15, 0.2) is 36.7 Å². The third-order valence-electron chi connectivity index (χ3n) is 2.70. The zero-order valence-electron chi connectivity index (χ0n) is 10.2. The Hall–Kier alpha value is -3.10. The van der Waals surface area contributed by atoms with Crippen LogP contribution in [-0.2, 0) is 6.54 Å². The second kappa shape index (κ2) is 4.88. The number of benzene rings is 1. The van der Waals surface area contributed by atoms with Crippen LogP contribution in [0.4, 0.5) is 11.5 Å². The lowest BCUT2D eigenvalue weighted by atomic mass is 10.2. The lowest BCUT2D eigenvalue weighted by Crippen LogP contribution is -2.06. The van der Waals surface area contributed by atoms with Crippen molar-refractivity contribution < 1.29 is 4.92 Å². The molecule has 9 nitrogen and oxygen atoms in total. The van der Waals surface area contributed by atoms with Gasteiger partial charge in [0.05, 0.1) is 17.3 Å². The molecule has 0 spiro atoms. The van der Waals surface area contributed by atoms with Gasteiger partial charge in [-0.05, 0) is 16.0 Å². The van der Waals surface area contributed by atoms with Crippen molar-refractivity contribution in [3.63, 3.8) is 0 Å². The molecule has 0 atom stereocenters. The number of rotatable bonds is 4. The highest BCUT2D eigenvalue weighted by molar-refractivity contribution is 5.44. The molecule has 1 N–H and O–H groups in total. The average molecular weight is 271 g/mol. The van der Waals surface area contributed by atoms with Crippen LogP contribution in [0.25, 0.3) is 5.65 Å². The van der Waals surface area contributed by atoms with Crippen LogP contribution >= 0.6 is 0 Å². The van der Waals surface area contributed by atoms with E-state index in [0.29, 0.717) is 18.0 Å². The fraction of sp³-hybridized carbons (Fsp3) is 0.0909. The molecule has 2 heterocycles. The Morgan fingerprint density at radius 3 is 3.10 bits per heavy atom. The molecule has 0 bridgehead atoms. The number of tetrazole rings is 1. The fourth-order valence-corrected chi connectivity index (χ4v) is 1.77. The van der Waals surface area contributed by atoms with Crippen LogP contribution in [0, 0.1) is 10.1 Å². The lowest BCUT2D eigenvalue weighted by molar-refractivity contribution is -0.384. The van der Waals surface area contributed by atoms with Gasteiger partial charge in [-0.3, -0.25) is 15.1 Å². The van der Waals surface area contributed by atoms with Crippen LogP contribution < -0.4 is 5.32 Å². The van der Waals surface area contributed by atoms with Gasteiger partial charge in [0.1, 0.15) is 0 Å². The van der Waals surface area contributed by atoms with E-state index < -0.39 is 4.92 Å². The zero-order valence-corrected chi connectivity index (χ0v) is 10.2. The number of aromatic nitrogens is 5. The zero-order chi connectivity index (χ0) is 13.9. The minimum Gasteiger partial charge on any atom is -0.365 e.